The molecule has 0 radical (unpaired) electrons. The third-order valence-electron chi connectivity index (χ3n) is 5.71. The monoisotopic (exact) mass is 440 g/mol. The van der Waals surface area contributed by atoms with Gasteiger partial charge in [0.05, 0.1) is 10.0 Å². The molecule has 0 unspecified atom stereocenters. The predicted octanol–water partition coefficient (Wildman–Crippen LogP) is 4.95. The Hall–Kier alpha value is -2.56. The van der Waals surface area contributed by atoms with E-state index in [2.05, 4.69) is 18.2 Å². The molecule has 1 heterocycles. The van der Waals surface area contributed by atoms with Crippen LogP contribution in [0.5, 0.6) is 0 Å². The number of nitrogens with zero attached hydrogens (tertiary/aromatic N) is 2. The third-order valence-corrected chi connectivity index (χ3v) is 6.45. The van der Waals surface area contributed by atoms with Crippen molar-refractivity contribution in [2.75, 3.05) is 13.6 Å². The molecule has 1 fully saturated rings. The van der Waals surface area contributed by atoms with Gasteiger partial charge >= 0.3 is 0 Å². The van der Waals surface area contributed by atoms with Gasteiger partial charge in [-0.3, -0.25) is 9.59 Å². The zero-order valence-electron chi connectivity index (χ0n) is 16.6. The molecule has 30 heavy (non-hydrogen) atoms. The molecule has 2 amide bonds. The highest BCUT2D eigenvalue weighted by Gasteiger charge is 2.34. The lowest BCUT2D eigenvalue weighted by molar-refractivity contribution is -0.140. The summed E-state index contributed by atoms with van der Waals surface area (Å²) in [5, 5.41) is 3.17. The Bertz CT molecular complexity index is 1110. The van der Waals surface area contributed by atoms with E-state index in [1.54, 1.807) is 29.0 Å². The number of rotatable bonds is 4. The highest BCUT2D eigenvalue weighted by Crippen LogP contribution is 2.26. The number of benzene rings is 3. The average Bonchev–Trinajstić information content (AvgIpc) is 2.84. The number of amides is 2. The van der Waals surface area contributed by atoms with Crippen LogP contribution >= 0.6 is 23.2 Å². The lowest BCUT2D eigenvalue weighted by Gasteiger charge is -2.28. The number of likely N-dealkylation sites (N-methyl/N-ethyl adjacent to an activating group) is 1. The van der Waals surface area contributed by atoms with Crippen LogP contribution in [0.2, 0.25) is 10.0 Å². The zero-order chi connectivity index (χ0) is 21.3. The molecule has 3 aromatic carbocycles. The first kappa shape index (κ1) is 20.7. The molecule has 0 aliphatic carbocycles. The summed E-state index contributed by atoms with van der Waals surface area (Å²) in [6.45, 7) is 0.877. The van der Waals surface area contributed by atoms with Crippen molar-refractivity contribution < 1.29 is 9.59 Å². The third kappa shape index (κ3) is 4.16. The van der Waals surface area contributed by atoms with Crippen molar-refractivity contribution in [3.05, 3.63) is 81.8 Å². The van der Waals surface area contributed by atoms with Crippen LogP contribution in [0.25, 0.3) is 10.8 Å². The fourth-order valence-corrected chi connectivity index (χ4v) is 4.30. The van der Waals surface area contributed by atoms with Crippen molar-refractivity contribution >= 4 is 45.8 Å². The Morgan fingerprint density at radius 2 is 1.73 bits per heavy atom. The molecular formula is C24H22Cl2N2O2. The van der Waals surface area contributed by atoms with Crippen molar-refractivity contribution in [1.29, 1.82) is 0 Å². The van der Waals surface area contributed by atoms with Crippen LogP contribution in [0.1, 0.15) is 17.5 Å². The SMILES string of the molecule is CN1C(=O)CCN(Cc2cccc3ccccc23)C(=O)[C@@H]1Cc1ccc(Cl)c(Cl)c1. The second-order valence-corrected chi connectivity index (χ2v) is 8.44. The van der Waals surface area contributed by atoms with Crippen LogP contribution in [-0.4, -0.2) is 41.2 Å². The quantitative estimate of drug-likeness (QED) is 0.575. The van der Waals surface area contributed by atoms with Gasteiger partial charge in [-0.15, -0.1) is 0 Å². The Kier molecular flexibility index (Phi) is 5.98. The Morgan fingerprint density at radius 3 is 2.53 bits per heavy atom. The van der Waals surface area contributed by atoms with E-state index < -0.39 is 6.04 Å². The maximum absolute atomic E-state index is 13.5. The fraction of sp³-hybridized carbons (Fsp3) is 0.250. The van der Waals surface area contributed by atoms with E-state index in [-0.39, 0.29) is 11.8 Å². The molecule has 3 aromatic rings. The molecule has 1 aliphatic heterocycles. The first-order valence-corrected chi connectivity index (χ1v) is 10.6. The van der Waals surface area contributed by atoms with Crippen LogP contribution in [-0.2, 0) is 22.6 Å². The van der Waals surface area contributed by atoms with E-state index in [9.17, 15) is 9.59 Å². The molecule has 0 aromatic heterocycles. The van der Waals surface area contributed by atoms with Gasteiger partial charge in [0.15, 0.2) is 0 Å². The maximum atomic E-state index is 13.5. The largest absolute Gasteiger partial charge is 0.336 e. The van der Waals surface area contributed by atoms with Gasteiger partial charge in [0.1, 0.15) is 6.04 Å². The van der Waals surface area contributed by atoms with Gasteiger partial charge in [-0.2, -0.15) is 0 Å². The summed E-state index contributed by atoms with van der Waals surface area (Å²) in [5.74, 6) is -0.0869. The summed E-state index contributed by atoms with van der Waals surface area (Å²) < 4.78 is 0. The molecule has 4 nitrogen and oxygen atoms in total. The molecule has 4 rings (SSSR count). The number of fused-ring (bicyclic) bond motifs is 1. The summed E-state index contributed by atoms with van der Waals surface area (Å²) in [6.07, 6.45) is 0.703. The Balaban J connectivity index is 1.63. The summed E-state index contributed by atoms with van der Waals surface area (Å²) in [6, 6.07) is 19.0. The van der Waals surface area contributed by atoms with Crippen LogP contribution in [0.3, 0.4) is 0 Å². The smallest absolute Gasteiger partial charge is 0.246 e. The second-order valence-electron chi connectivity index (χ2n) is 7.62. The molecule has 6 heteroatoms. The number of carbonyl (C=O) groups excluding carboxylic acids is 2. The number of hydrogen-bond acceptors (Lipinski definition) is 2. The summed E-state index contributed by atoms with van der Waals surface area (Å²) in [4.78, 5) is 29.4. The van der Waals surface area contributed by atoms with E-state index in [0.29, 0.717) is 36.0 Å². The van der Waals surface area contributed by atoms with E-state index in [4.69, 9.17) is 23.2 Å². The van der Waals surface area contributed by atoms with Gasteiger partial charge in [0, 0.05) is 33.0 Å². The first-order chi connectivity index (χ1) is 14.4. The highest BCUT2D eigenvalue weighted by molar-refractivity contribution is 6.42. The van der Waals surface area contributed by atoms with Gasteiger partial charge in [-0.1, -0.05) is 71.7 Å². The van der Waals surface area contributed by atoms with Gasteiger partial charge in [0.25, 0.3) is 0 Å². The summed E-state index contributed by atoms with van der Waals surface area (Å²) >= 11 is 12.2. The lowest BCUT2D eigenvalue weighted by atomic mass is 10.0. The van der Waals surface area contributed by atoms with Crippen LogP contribution in [0, 0.1) is 0 Å². The first-order valence-electron chi connectivity index (χ1n) is 9.89. The van der Waals surface area contributed by atoms with E-state index in [1.165, 1.54) is 0 Å². The molecule has 0 spiro atoms. The number of carbonyl (C=O) groups is 2. The lowest BCUT2D eigenvalue weighted by Crippen LogP contribution is -2.46. The zero-order valence-corrected chi connectivity index (χ0v) is 18.2. The van der Waals surface area contributed by atoms with Gasteiger partial charge in [-0.25, -0.2) is 0 Å². The summed E-state index contributed by atoms with van der Waals surface area (Å²) in [7, 11) is 1.70. The number of halogens is 2. The molecule has 1 atom stereocenters. The van der Waals surface area contributed by atoms with Crippen molar-refractivity contribution in [3.63, 3.8) is 0 Å². The van der Waals surface area contributed by atoms with Crippen molar-refractivity contribution in [2.45, 2.75) is 25.4 Å². The topological polar surface area (TPSA) is 40.6 Å². The maximum Gasteiger partial charge on any atom is 0.246 e. The van der Waals surface area contributed by atoms with E-state index in [1.807, 2.05) is 30.3 Å². The standard InChI is InChI=1S/C24H22Cl2N2O2/c1-27-22(14-16-9-10-20(25)21(26)13-16)24(30)28(12-11-23(27)29)15-18-7-4-6-17-5-2-3-8-19(17)18/h2-10,13,22H,11-12,14-15H2,1H3/t22-/m0/s1. The molecule has 154 valence electrons. The molecule has 0 N–H and O–H groups in total. The van der Waals surface area contributed by atoms with E-state index >= 15 is 0 Å². The number of hydrogen-bond donors (Lipinski definition) is 0. The van der Waals surface area contributed by atoms with Crippen molar-refractivity contribution in [3.8, 4) is 0 Å². The van der Waals surface area contributed by atoms with Crippen molar-refractivity contribution in [2.24, 2.45) is 0 Å². The average molecular weight is 441 g/mol. The molecule has 0 saturated carbocycles. The summed E-state index contributed by atoms with van der Waals surface area (Å²) in [5.41, 5.74) is 1.95. The van der Waals surface area contributed by atoms with Crippen LogP contribution < -0.4 is 0 Å². The Morgan fingerprint density at radius 1 is 0.967 bits per heavy atom. The normalized spacial score (nSPS) is 17.5. The van der Waals surface area contributed by atoms with Crippen LogP contribution in [0.4, 0.5) is 0 Å². The van der Waals surface area contributed by atoms with Gasteiger partial charge in [-0.05, 0) is 34.0 Å². The minimum absolute atomic E-state index is 0.0335. The molecule has 1 aliphatic rings. The second kappa shape index (κ2) is 8.66. The van der Waals surface area contributed by atoms with Gasteiger partial charge in [0.2, 0.25) is 11.8 Å². The highest BCUT2D eigenvalue weighted by atomic mass is 35.5. The van der Waals surface area contributed by atoms with Gasteiger partial charge < -0.3 is 9.80 Å². The molecular weight excluding hydrogens is 419 g/mol. The van der Waals surface area contributed by atoms with Crippen LogP contribution in [0.15, 0.2) is 60.7 Å². The Labute approximate surface area is 186 Å². The fourth-order valence-electron chi connectivity index (χ4n) is 3.97. The van der Waals surface area contributed by atoms with Crippen molar-refractivity contribution in [1.82, 2.24) is 9.80 Å². The molecule has 1 saturated heterocycles. The molecule has 0 bridgehead atoms. The minimum Gasteiger partial charge on any atom is -0.336 e. The predicted molar refractivity (Wildman–Crippen MR) is 121 cm³/mol. The minimum atomic E-state index is -0.577. The van der Waals surface area contributed by atoms with E-state index in [0.717, 1.165) is 21.9 Å².